The molecule has 4 N–H and O–H groups in total. The molecular weight excluding hydrogens is 779 g/mol. The number of hydrogen-bond donors (Lipinski definition) is 4. The van der Waals surface area contributed by atoms with Crippen LogP contribution in [-0.2, 0) is 47.0 Å². The largest absolute Gasteiger partial charge is 0.446 e. The summed E-state index contributed by atoms with van der Waals surface area (Å²) in [7, 11) is -4.60. The number of rotatable bonds is 4. The molecule has 2 aliphatic carbocycles. The number of hydrogen-bond acceptors (Lipinski definition) is 10. The van der Waals surface area contributed by atoms with Crippen LogP contribution in [-0.4, -0.2) is 91.0 Å². The highest BCUT2D eigenvalue weighted by atomic mass is 32.2. The Balaban J connectivity index is 1.16. The molecule has 7 rings (SSSR count). The highest BCUT2D eigenvalue weighted by Crippen LogP contribution is 2.45. The number of amides is 5. The van der Waals surface area contributed by atoms with Gasteiger partial charge in [0, 0.05) is 31.0 Å². The maximum absolute atomic E-state index is 14.5. The highest BCUT2D eigenvalue weighted by Gasteiger charge is 2.61. The van der Waals surface area contributed by atoms with Crippen molar-refractivity contribution in [1.82, 2.24) is 25.2 Å². The van der Waals surface area contributed by atoms with Crippen LogP contribution in [0.2, 0.25) is 0 Å². The van der Waals surface area contributed by atoms with Gasteiger partial charge in [-0.3, -0.25) is 19.3 Å². The number of anilines is 1. The zero-order chi connectivity index (χ0) is 41.2. The van der Waals surface area contributed by atoms with E-state index < -0.39 is 81.2 Å². The number of carbonyl (C=O) groups is 5. The molecule has 0 bridgehead atoms. The summed E-state index contributed by atoms with van der Waals surface area (Å²) >= 11 is 0. The van der Waals surface area contributed by atoms with Gasteiger partial charge in [-0.15, -0.1) is 6.58 Å². The Hall–Kier alpha value is -5.26. The molecule has 3 heterocycles. The fourth-order valence-corrected chi connectivity index (χ4v) is 9.63. The molecule has 5 atom stereocenters. The lowest BCUT2D eigenvalue weighted by atomic mass is 10.0. The molecule has 3 fully saturated rings. The minimum Gasteiger partial charge on any atom is -0.446 e. The fraction of sp³-hybridized carbons (Fsp3) is 0.525. The van der Waals surface area contributed by atoms with Crippen molar-refractivity contribution >= 4 is 45.6 Å². The normalized spacial score (nSPS) is 27.7. The molecule has 1 saturated heterocycles. The third-order valence-electron chi connectivity index (χ3n) is 11.7. The Morgan fingerprint density at radius 1 is 0.948 bits per heavy atom. The first-order valence-electron chi connectivity index (χ1n) is 19.8. The molecule has 3 aliphatic heterocycles. The second kappa shape index (κ2) is 16.9. The number of fused-ring (bicyclic) bond motifs is 3. The lowest BCUT2D eigenvalue weighted by molar-refractivity contribution is -0.141. The average molecular weight is 827 g/mol. The van der Waals surface area contributed by atoms with E-state index in [2.05, 4.69) is 27.3 Å². The van der Waals surface area contributed by atoms with Gasteiger partial charge in [0.15, 0.2) is 0 Å². The molecular formula is C40H48F2N6O9S. The molecule has 2 aromatic carbocycles. The van der Waals surface area contributed by atoms with Crippen molar-refractivity contribution in [3.63, 3.8) is 0 Å². The van der Waals surface area contributed by atoms with Crippen molar-refractivity contribution in [3.05, 3.63) is 71.8 Å². The molecule has 2 saturated carbocycles. The Morgan fingerprint density at radius 2 is 1.71 bits per heavy atom. The number of halogens is 2. The van der Waals surface area contributed by atoms with Crippen LogP contribution in [0.3, 0.4) is 0 Å². The zero-order valence-electron chi connectivity index (χ0n) is 32.0. The molecule has 0 radical (unpaired) electrons. The van der Waals surface area contributed by atoms with Crippen LogP contribution < -0.4 is 20.7 Å². The third kappa shape index (κ3) is 8.76. The molecule has 1 spiro atoms. The second-order valence-electron chi connectivity index (χ2n) is 15.7. The van der Waals surface area contributed by atoms with Gasteiger partial charge in [0.05, 0.1) is 18.8 Å². The van der Waals surface area contributed by atoms with E-state index in [1.807, 2.05) is 0 Å². The van der Waals surface area contributed by atoms with E-state index in [4.69, 9.17) is 9.47 Å². The average Bonchev–Trinajstić information content (AvgIpc) is 3.58. The fourth-order valence-electron chi connectivity index (χ4n) is 8.42. The maximum atomic E-state index is 14.5. The van der Waals surface area contributed by atoms with Crippen LogP contribution in [0.4, 0.5) is 24.1 Å². The SMILES string of the molecule is C=C[C@@H]1C[C@@]12NC(=O)[C@@H]1C[C@@H](OC(=O)N3Cc4cccc(F)c4C3)CN1C(=O)[C@@H](NC(=O)OC1CCCC1)CCCCCCNc1cc(F)ccc1S(=O)(=O)NC2=O. The number of alkyl carbamates (subject to hydrolysis) is 1. The monoisotopic (exact) mass is 826 g/mol. The molecule has 15 nitrogen and oxygen atoms in total. The topological polar surface area (TPSA) is 193 Å². The molecule has 312 valence electrons. The van der Waals surface area contributed by atoms with Crippen molar-refractivity contribution in [1.29, 1.82) is 0 Å². The van der Waals surface area contributed by atoms with Gasteiger partial charge in [-0.1, -0.05) is 37.5 Å². The standard InChI is InChI=1S/C40H48F2N6O9S/c1-2-25-20-40(25)37(51)46-58(54,55)34-16-15-26(41)18-32(34)43-17-8-4-3-5-14-31(44-38(52)56-27-11-6-7-12-27)36(50)48-22-28(19-33(48)35(49)45-40)57-39(53)47-21-24-10-9-13-30(42)29(24)23-47/h2,9-10,13,15-16,18,25,27-28,31,33,43H,1,3-8,11-12,14,17,19-23H2,(H,44,52)(H,45,49)(H,46,51)/t25-,28-,31+,33+,40-/m1/s1. The van der Waals surface area contributed by atoms with Gasteiger partial charge >= 0.3 is 12.2 Å². The van der Waals surface area contributed by atoms with E-state index in [0.717, 1.165) is 31.0 Å². The smallest absolute Gasteiger partial charge is 0.410 e. The van der Waals surface area contributed by atoms with Gasteiger partial charge in [0.2, 0.25) is 11.8 Å². The van der Waals surface area contributed by atoms with Crippen LogP contribution in [0.5, 0.6) is 0 Å². The summed E-state index contributed by atoms with van der Waals surface area (Å²) in [5, 5.41) is 8.35. The van der Waals surface area contributed by atoms with Crippen LogP contribution in [0, 0.1) is 17.6 Å². The summed E-state index contributed by atoms with van der Waals surface area (Å²) in [4.78, 5) is 71.5. The number of ether oxygens (including phenoxy) is 2. The van der Waals surface area contributed by atoms with Gasteiger partial charge in [0.1, 0.15) is 46.4 Å². The van der Waals surface area contributed by atoms with Crippen LogP contribution in [0.25, 0.3) is 0 Å². The zero-order valence-corrected chi connectivity index (χ0v) is 32.8. The number of nitrogens with one attached hydrogen (secondary N) is 4. The van der Waals surface area contributed by atoms with Crippen molar-refractivity contribution in [2.24, 2.45) is 5.92 Å². The van der Waals surface area contributed by atoms with E-state index in [1.54, 1.807) is 12.1 Å². The Labute approximate surface area is 335 Å². The van der Waals surface area contributed by atoms with Crippen molar-refractivity contribution in [3.8, 4) is 0 Å². The minimum atomic E-state index is -4.60. The van der Waals surface area contributed by atoms with E-state index in [9.17, 15) is 41.2 Å². The lowest BCUT2D eigenvalue weighted by Gasteiger charge is -2.30. The number of benzene rings is 2. The number of nitrogens with zero attached hydrogens (tertiary/aromatic N) is 2. The summed E-state index contributed by atoms with van der Waals surface area (Å²) in [6.45, 7) is 3.83. The molecule has 5 amide bonds. The number of carbonyl (C=O) groups excluding carboxylic acids is 5. The van der Waals surface area contributed by atoms with E-state index in [1.165, 1.54) is 21.9 Å². The first-order chi connectivity index (χ1) is 27.8. The first-order valence-corrected chi connectivity index (χ1v) is 21.3. The van der Waals surface area contributed by atoms with Gasteiger partial charge in [-0.05, 0) is 74.8 Å². The molecule has 0 aromatic heterocycles. The Kier molecular flexibility index (Phi) is 11.9. The predicted octanol–water partition coefficient (Wildman–Crippen LogP) is 4.37. The van der Waals surface area contributed by atoms with Gasteiger partial charge in [0.25, 0.3) is 15.9 Å². The summed E-state index contributed by atoms with van der Waals surface area (Å²) in [5.74, 6) is -4.36. The van der Waals surface area contributed by atoms with E-state index >= 15 is 0 Å². The second-order valence-corrected chi connectivity index (χ2v) is 17.4. The van der Waals surface area contributed by atoms with Crippen LogP contribution >= 0.6 is 0 Å². The summed E-state index contributed by atoms with van der Waals surface area (Å²) in [6.07, 6.45) is 3.98. The van der Waals surface area contributed by atoms with Crippen molar-refractivity contribution in [2.75, 3.05) is 18.4 Å². The third-order valence-corrected chi connectivity index (χ3v) is 13.1. The summed E-state index contributed by atoms with van der Waals surface area (Å²) in [5.41, 5.74) is -0.836. The molecule has 5 aliphatic rings. The molecule has 0 unspecified atom stereocenters. The van der Waals surface area contributed by atoms with Crippen molar-refractivity contribution in [2.45, 2.75) is 118 Å². The first kappa shape index (κ1) is 40.9. The van der Waals surface area contributed by atoms with Gasteiger partial charge in [-0.25, -0.2) is 31.5 Å². The Bertz CT molecular complexity index is 2080. The summed E-state index contributed by atoms with van der Waals surface area (Å²) < 4.78 is 69.6. The number of sulfonamides is 1. The Morgan fingerprint density at radius 3 is 2.45 bits per heavy atom. The quantitative estimate of drug-likeness (QED) is 0.322. The van der Waals surface area contributed by atoms with E-state index in [0.29, 0.717) is 49.7 Å². The maximum Gasteiger partial charge on any atom is 0.410 e. The lowest BCUT2D eigenvalue weighted by Crippen LogP contribution is -2.58. The highest BCUT2D eigenvalue weighted by molar-refractivity contribution is 7.90. The summed E-state index contributed by atoms with van der Waals surface area (Å²) in [6, 6.07) is 5.14. The van der Waals surface area contributed by atoms with Crippen LogP contribution in [0.1, 0.15) is 81.8 Å². The molecule has 18 heteroatoms. The minimum absolute atomic E-state index is 0.0134. The van der Waals surface area contributed by atoms with Crippen molar-refractivity contribution < 1.29 is 50.6 Å². The molecule has 58 heavy (non-hydrogen) atoms. The van der Waals surface area contributed by atoms with E-state index in [-0.39, 0.29) is 62.1 Å². The predicted molar refractivity (Wildman–Crippen MR) is 204 cm³/mol. The van der Waals surface area contributed by atoms with Gasteiger partial charge < -0.3 is 30.3 Å². The molecule has 2 aromatic rings. The van der Waals surface area contributed by atoms with Crippen LogP contribution in [0.15, 0.2) is 53.9 Å². The van der Waals surface area contributed by atoms with Gasteiger partial charge in [-0.2, -0.15) is 0 Å².